The number of nitrogen functional groups attached to an aromatic ring is 1. The molecule has 1 fully saturated rings. The quantitative estimate of drug-likeness (QED) is 0.587. The maximum Gasteiger partial charge on any atom is 0.235 e. The van der Waals surface area contributed by atoms with Crippen LogP contribution in [0, 0.1) is 11.2 Å². The molecular formula is C13H18FN3O2S. The molecule has 0 atom stereocenters. The fraction of sp³-hybridized carbons (Fsp3) is 0.462. The van der Waals surface area contributed by atoms with Crippen molar-refractivity contribution in [3.05, 3.63) is 29.6 Å². The number of benzene rings is 1. The molecule has 1 aliphatic rings. The van der Waals surface area contributed by atoms with Crippen LogP contribution in [0.4, 0.5) is 10.1 Å². The molecule has 0 aromatic heterocycles. The van der Waals surface area contributed by atoms with Crippen LogP contribution in [-0.2, 0) is 10.0 Å². The molecule has 0 heterocycles. The van der Waals surface area contributed by atoms with E-state index in [0.29, 0.717) is 12.8 Å². The van der Waals surface area contributed by atoms with Gasteiger partial charge in [-0.2, -0.15) is 0 Å². The zero-order chi connectivity index (χ0) is 14.8. The third-order valence-electron chi connectivity index (χ3n) is 3.52. The predicted molar refractivity (Wildman–Crippen MR) is 76.8 cm³/mol. The van der Waals surface area contributed by atoms with E-state index in [1.807, 2.05) is 0 Å². The number of anilines is 1. The fourth-order valence-electron chi connectivity index (χ4n) is 2.38. The first kappa shape index (κ1) is 14.8. The maximum absolute atomic E-state index is 13.8. The molecule has 1 saturated carbocycles. The lowest BCUT2D eigenvalue weighted by Crippen LogP contribution is -2.30. The Kier molecular flexibility index (Phi) is 4.27. The average Bonchev–Trinajstić information content (AvgIpc) is 2.41. The molecule has 4 N–H and O–H groups in total. The van der Waals surface area contributed by atoms with E-state index in [4.69, 9.17) is 11.1 Å². The largest absolute Gasteiger partial charge is 0.384 e. The van der Waals surface area contributed by atoms with Crippen molar-refractivity contribution in [3.8, 4) is 0 Å². The molecule has 0 aliphatic heterocycles. The Morgan fingerprint density at radius 3 is 2.50 bits per heavy atom. The molecule has 20 heavy (non-hydrogen) atoms. The number of sulfonamides is 1. The normalized spacial score (nSPS) is 16.9. The topological polar surface area (TPSA) is 96.0 Å². The highest BCUT2D eigenvalue weighted by Gasteiger charge is 2.27. The molecule has 1 aromatic carbocycles. The van der Waals surface area contributed by atoms with Crippen LogP contribution in [0.5, 0.6) is 0 Å². The smallest absolute Gasteiger partial charge is 0.235 e. The number of nitrogens with two attached hydrogens (primary N) is 1. The summed E-state index contributed by atoms with van der Waals surface area (Å²) < 4.78 is 40.5. The van der Waals surface area contributed by atoms with Gasteiger partial charge in [-0.15, -0.1) is 0 Å². The summed E-state index contributed by atoms with van der Waals surface area (Å²) in [6, 6.07) is 3.78. The minimum Gasteiger partial charge on any atom is -0.384 e. The lowest BCUT2D eigenvalue weighted by Gasteiger charge is -2.22. The van der Waals surface area contributed by atoms with Gasteiger partial charge in [-0.1, -0.05) is 19.3 Å². The van der Waals surface area contributed by atoms with Crippen molar-refractivity contribution in [2.24, 2.45) is 5.73 Å². The van der Waals surface area contributed by atoms with E-state index in [9.17, 15) is 12.8 Å². The Labute approximate surface area is 117 Å². The van der Waals surface area contributed by atoms with Gasteiger partial charge in [-0.25, -0.2) is 12.8 Å². The molecule has 1 aromatic rings. The monoisotopic (exact) mass is 299 g/mol. The van der Waals surface area contributed by atoms with Crippen LogP contribution in [0.15, 0.2) is 18.2 Å². The lowest BCUT2D eigenvalue weighted by atomic mass is 10.0. The van der Waals surface area contributed by atoms with Crippen molar-refractivity contribution in [3.63, 3.8) is 0 Å². The van der Waals surface area contributed by atoms with E-state index in [1.54, 1.807) is 0 Å². The predicted octanol–water partition coefficient (Wildman–Crippen LogP) is 2.18. The van der Waals surface area contributed by atoms with Gasteiger partial charge in [0.1, 0.15) is 11.7 Å². The number of halogens is 1. The summed E-state index contributed by atoms with van der Waals surface area (Å²) in [6.45, 7) is 0. The minimum atomic E-state index is -3.57. The molecular weight excluding hydrogens is 281 g/mol. The summed E-state index contributed by atoms with van der Waals surface area (Å²) in [5.74, 6) is -0.984. The van der Waals surface area contributed by atoms with E-state index in [0.717, 1.165) is 25.3 Å². The van der Waals surface area contributed by atoms with E-state index < -0.39 is 21.1 Å². The third kappa shape index (κ3) is 3.27. The first-order chi connectivity index (χ1) is 9.40. The molecule has 0 bridgehead atoms. The number of hydrogen-bond acceptors (Lipinski definition) is 3. The van der Waals surface area contributed by atoms with Crippen molar-refractivity contribution >= 4 is 21.5 Å². The molecule has 2 rings (SSSR count). The van der Waals surface area contributed by atoms with Crippen molar-refractivity contribution in [1.82, 2.24) is 0 Å². The lowest BCUT2D eigenvalue weighted by molar-refractivity contribution is 0.486. The summed E-state index contributed by atoms with van der Waals surface area (Å²) in [5.41, 5.74) is 5.38. The van der Waals surface area contributed by atoms with Gasteiger partial charge in [0.05, 0.1) is 10.9 Å². The van der Waals surface area contributed by atoms with Gasteiger partial charge in [0.2, 0.25) is 10.0 Å². The van der Waals surface area contributed by atoms with Gasteiger partial charge in [0.25, 0.3) is 0 Å². The van der Waals surface area contributed by atoms with Gasteiger partial charge in [0, 0.05) is 5.56 Å². The number of rotatable bonds is 4. The molecule has 0 amide bonds. The van der Waals surface area contributed by atoms with Crippen LogP contribution in [0.1, 0.15) is 37.7 Å². The molecule has 1 aliphatic carbocycles. The van der Waals surface area contributed by atoms with Gasteiger partial charge in [-0.05, 0) is 31.0 Å². The summed E-state index contributed by atoms with van der Waals surface area (Å²) >= 11 is 0. The van der Waals surface area contributed by atoms with E-state index in [1.165, 1.54) is 12.1 Å². The van der Waals surface area contributed by atoms with E-state index >= 15 is 0 Å². The van der Waals surface area contributed by atoms with Gasteiger partial charge >= 0.3 is 0 Å². The minimum absolute atomic E-state index is 0.0967. The van der Waals surface area contributed by atoms with Crippen LogP contribution in [0.2, 0.25) is 0 Å². The second-order valence-electron chi connectivity index (χ2n) is 5.02. The van der Waals surface area contributed by atoms with Crippen LogP contribution in [-0.4, -0.2) is 19.5 Å². The van der Waals surface area contributed by atoms with E-state index in [-0.39, 0.29) is 17.1 Å². The Morgan fingerprint density at radius 2 is 1.95 bits per heavy atom. The number of amidine groups is 1. The molecule has 7 heteroatoms. The SMILES string of the molecule is N=C(N)c1ccc(NS(=O)(=O)C2CCCCC2)c(F)c1. The third-order valence-corrected chi connectivity index (χ3v) is 5.38. The Hall–Kier alpha value is -1.63. The summed E-state index contributed by atoms with van der Waals surface area (Å²) in [5, 5.41) is 6.76. The Balaban J connectivity index is 2.18. The Bertz CT molecular complexity index is 610. The first-order valence-electron chi connectivity index (χ1n) is 6.56. The highest BCUT2D eigenvalue weighted by atomic mass is 32.2. The highest BCUT2D eigenvalue weighted by molar-refractivity contribution is 7.93. The van der Waals surface area contributed by atoms with Crippen LogP contribution in [0.25, 0.3) is 0 Å². The number of hydrogen-bond donors (Lipinski definition) is 3. The summed E-state index contributed by atoms with van der Waals surface area (Å²) in [6.07, 6.45) is 4.05. The van der Waals surface area contributed by atoms with Crippen molar-refractivity contribution in [1.29, 1.82) is 5.41 Å². The van der Waals surface area contributed by atoms with Crippen LogP contribution < -0.4 is 10.5 Å². The molecule has 5 nitrogen and oxygen atoms in total. The van der Waals surface area contributed by atoms with Crippen molar-refractivity contribution < 1.29 is 12.8 Å². The molecule has 0 unspecified atom stereocenters. The van der Waals surface area contributed by atoms with Crippen molar-refractivity contribution in [2.45, 2.75) is 37.4 Å². The molecule has 0 spiro atoms. The van der Waals surface area contributed by atoms with Gasteiger partial charge in [-0.3, -0.25) is 10.1 Å². The zero-order valence-corrected chi connectivity index (χ0v) is 11.8. The molecule has 110 valence electrons. The summed E-state index contributed by atoms with van der Waals surface area (Å²) in [7, 11) is -3.57. The molecule has 0 saturated heterocycles. The summed E-state index contributed by atoms with van der Waals surface area (Å²) in [4.78, 5) is 0. The van der Waals surface area contributed by atoms with Gasteiger partial charge in [0.15, 0.2) is 0 Å². The maximum atomic E-state index is 13.8. The number of nitrogens with one attached hydrogen (secondary N) is 2. The Morgan fingerprint density at radius 1 is 1.30 bits per heavy atom. The fourth-order valence-corrected chi connectivity index (χ4v) is 3.97. The second kappa shape index (κ2) is 5.78. The average molecular weight is 299 g/mol. The standard InChI is InChI=1S/C13H18FN3O2S/c14-11-8-9(13(15)16)6-7-12(11)17-20(18,19)10-4-2-1-3-5-10/h6-8,10,17H,1-5H2,(H3,15,16). The van der Waals surface area contributed by atoms with E-state index in [2.05, 4.69) is 4.72 Å². The zero-order valence-electron chi connectivity index (χ0n) is 11.0. The first-order valence-corrected chi connectivity index (χ1v) is 8.10. The van der Waals surface area contributed by atoms with Crippen molar-refractivity contribution in [2.75, 3.05) is 4.72 Å². The second-order valence-corrected chi connectivity index (χ2v) is 6.98. The van der Waals surface area contributed by atoms with Crippen LogP contribution in [0.3, 0.4) is 0 Å². The van der Waals surface area contributed by atoms with Gasteiger partial charge < -0.3 is 5.73 Å². The highest BCUT2D eigenvalue weighted by Crippen LogP contribution is 2.26. The molecule has 0 radical (unpaired) electrons. The van der Waals surface area contributed by atoms with Crippen LogP contribution >= 0.6 is 0 Å².